The van der Waals surface area contributed by atoms with Crippen LogP contribution in [0.2, 0.25) is 0 Å². The van der Waals surface area contributed by atoms with E-state index in [0.29, 0.717) is 0 Å². The van der Waals surface area contributed by atoms with Crippen LogP contribution in [0, 0.1) is 6.07 Å². The molecule has 0 spiro atoms. The molecule has 0 aliphatic heterocycles. The second-order valence-electron chi connectivity index (χ2n) is 2.73. The summed E-state index contributed by atoms with van der Waals surface area (Å²) in [6.45, 7) is 0. The molecule has 2 nitrogen and oxygen atoms in total. The van der Waals surface area contributed by atoms with Gasteiger partial charge < -0.3 is 9.36 Å². The van der Waals surface area contributed by atoms with Gasteiger partial charge in [-0.15, -0.1) is 11.5 Å². The van der Waals surface area contributed by atoms with E-state index in [1.165, 1.54) is 0 Å². The fraction of sp³-hybridized carbons (Fsp3) is 0.100. The second kappa shape index (κ2) is 5.28. The summed E-state index contributed by atoms with van der Waals surface area (Å²) in [5.74, 6) is 0. The van der Waals surface area contributed by atoms with Crippen LogP contribution < -0.4 is 5.43 Å². The van der Waals surface area contributed by atoms with Crippen LogP contribution in [0.1, 0.15) is 0 Å². The van der Waals surface area contributed by atoms with Gasteiger partial charge in [-0.05, 0) is 5.52 Å². The minimum atomic E-state index is -0.0382. The third-order valence-electron chi connectivity index (χ3n) is 1.92. The summed E-state index contributed by atoms with van der Waals surface area (Å²) in [7, 11) is 6.66. The second-order valence-corrected chi connectivity index (χ2v) is 2.73. The van der Waals surface area contributed by atoms with E-state index < -0.39 is 0 Å². The zero-order chi connectivity index (χ0) is 10.6. The Kier molecular flexibility index (Phi) is 4.31. The number of para-hydroxylation sites is 1. The maximum absolute atomic E-state index is 11.3. The number of pyridine rings is 1. The summed E-state index contributed by atoms with van der Waals surface area (Å²) in [6, 6.07) is 10.2. The Balaban J connectivity index is 0.000000461. The molecular weight excluding hydrogens is 251 g/mol. The molecule has 4 heteroatoms. The van der Waals surface area contributed by atoms with Crippen LogP contribution in [0.25, 0.3) is 10.9 Å². The summed E-state index contributed by atoms with van der Waals surface area (Å²) in [5.41, 5.74) is 0.907. The summed E-state index contributed by atoms with van der Waals surface area (Å²) in [4.78, 5) is 11.3. The Morgan fingerprint density at radius 3 is 2.64 bits per heavy atom. The topological polar surface area (TPSA) is 22.0 Å². The molecule has 0 unspecified atom stereocenters. The molecule has 0 saturated carbocycles. The number of fused-ring (bicyclic) bond motifs is 1. The van der Waals surface area contributed by atoms with Crippen LogP contribution in [0.5, 0.6) is 0 Å². The summed E-state index contributed by atoms with van der Waals surface area (Å²) in [5, 5.41) is 0.725. The third kappa shape index (κ3) is 2.23. The molecule has 0 aliphatic rings. The molecule has 2 aromatic rings. The summed E-state index contributed by atoms with van der Waals surface area (Å²) in [6.07, 6.45) is 1.66. The Bertz CT molecular complexity index is 481. The SMILES string of the molecule is Cn1c[c-]c(=O)c2ccccc21.[Cl][Zn+]. The van der Waals surface area contributed by atoms with E-state index in [9.17, 15) is 4.79 Å². The monoisotopic (exact) mass is 257 g/mol. The zero-order valence-corrected chi connectivity index (χ0v) is 11.6. The van der Waals surface area contributed by atoms with Crippen molar-refractivity contribution in [1.82, 2.24) is 4.57 Å². The van der Waals surface area contributed by atoms with E-state index in [0.717, 1.165) is 28.2 Å². The summed E-state index contributed by atoms with van der Waals surface area (Å²) >= 11 is 0.847. The standard InChI is InChI=1S/C10H8NO.ClH.Zn/c1-11-7-6-10(12)8-4-2-3-5-9(8)11;;/h2-5,7H,1H3;1H;/q-1;;+2/p-1. The van der Waals surface area contributed by atoms with E-state index in [1.807, 2.05) is 35.9 Å². The number of hydrogen-bond acceptors (Lipinski definition) is 1. The van der Waals surface area contributed by atoms with E-state index in [-0.39, 0.29) is 5.43 Å². The van der Waals surface area contributed by atoms with Gasteiger partial charge in [0.25, 0.3) is 0 Å². The molecule has 1 heterocycles. The fourth-order valence-corrected chi connectivity index (χ4v) is 1.28. The predicted octanol–water partition coefficient (Wildman–Crippen LogP) is 2.03. The van der Waals surface area contributed by atoms with E-state index in [4.69, 9.17) is 9.69 Å². The van der Waals surface area contributed by atoms with Crippen LogP contribution in [-0.4, -0.2) is 4.57 Å². The number of benzene rings is 1. The van der Waals surface area contributed by atoms with E-state index in [2.05, 4.69) is 6.07 Å². The van der Waals surface area contributed by atoms with E-state index >= 15 is 0 Å². The Morgan fingerprint density at radius 1 is 1.36 bits per heavy atom. The molecule has 68 valence electrons. The molecule has 0 radical (unpaired) electrons. The number of aromatic nitrogens is 1. The molecule has 0 amide bonds. The van der Waals surface area contributed by atoms with Crippen molar-refractivity contribution < 1.29 is 17.3 Å². The average Bonchev–Trinajstić information content (AvgIpc) is 2.27. The van der Waals surface area contributed by atoms with Crippen molar-refractivity contribution in [3.05, 3.63) is 46.8 Å². The molecule has 1 aromatic carbocycles. The van der Waals surface area contributed by atoms with Crippen LogP contribution in [0.3, 0.4) is 0 Å². The molecule has 0 saturated heterocycles. The Labute approximate surface area is 96.2 Å². The molecule has 14 heavy (non-hydrogen) atoms. The number of aryl methyl sites for hydroxylation is 1. The molecule has 0 N–H and O–H groups in total. The summed E-state index contributed by atoms with van der Waals surface area (Å²) < 4.78 is 1.89. The molecule has 0 bridgehead atoms. The van der Waals surface area contributed by atoms with Crippen molar-refractivity contribution in [2.75, 3.05) is 0 Å². The zero-order valence-electron chi connectivity index (χ0n) is 7.83. The van der Waals surface area contributed by atoms with Gasteiger partial charge in [0.1, 0.15) is 0 Å². The molecular formula is C10H8ClNOZn. The molecule has 2 rings (SSSR count). The molecule has 0 aliphatic carbocycles. The molecule has 1 aromatic heterocycles. The number of halogens is 1. The minimum absolute atomic E-state index is 0.0382. The van der Waals surface area contributed by atoms with Gasteiger partial charge in [-0.3, -0.25) is 0 Å². The average molecular weight is 259 g/mol. The number of rotatable bonds is 0. The quantitative estimate of drug-likeness (QED) is 0.524. The van der Waals surface area contributed by atoms with Gasteiger partial charge in [0, 0.05) is 12.5 Å². The van der Waals surface area contributed by atoms with Gasteiger partial charge in [0.05, 0.1) is 0 Å². The fourth-order valence-electron chi connectivity index (χ4n) is 1.28. The van der Waals surface area contributed by atoms with Crippen molar-refractivity contribution in [2.45, 2.75) is 0 Å². The van der Waals surface area contributed by atoms with E-state index in [1.54, 1.807) is 6.20 Å². The van der Waals surface area contributed by atoms with Crippen LogP contribution >= 0.6 is 9.69 Å². The van der Waals surface area contributed by atoms with Crippen molar-refractivity contribution in [3.63, 3.8) is 0 Å². The van der Waals surface area contributed by atoms with Crippen molar-refractivity contribution in [2.24, 2.45) is 7.05 Å². The Morgan fingerprint density at radius 2 is 2.00 bits per heavy atom. The molecule has 0 atom stereocenters. The van der Waals surface area contributed by atoms with Gasteiger partial charge in [-0.25, -0.2) is 0 Å². The first-order valence-electron chi connectivity index (χ1n) is 4.02. The molecule has 0 fully saturated rings. The maximum atomic E-state index is 11.3. The third-order valence-corrected chi connectivity index (χ3v) is 1.92. The first-order valence-corrected chi connectivity index (χ1v) is 7.92. The predicted molar refractivity (Wildman–Crippen MR) is 53.9 cm³/mol. The Hall–Kier alpha value is -0.657. The normalized spacial score (nSPS) is 9.43. The first kappa shape index (κ1) is 11.4. The van der Waals surface area contributed by atoms with Crippen molar-refractivity contribution >= 4 is 20.6 Å². The van der Waals surface area contributed by atoms with Crippen LogP contribution in [-0.2, 0) is 24.4 Å². The van der Waals surface area contributed by atoms with Gasteiger partial charge in [0.15, 0.2) is 0 Å². The number of nitrogens with zero attached hydrogens (tertiary/aromatic N) is 1. The van der Waals surface area contributed by atoms with Gasteiger partial charge >= 0.3 is 27.0 Å². The van der Waals surface area contributed by atoms with Crippen molar-refractivity contribution in [3.8, 4) is 0 Å². The van der Waals surface area contributed by atoms with Gasteiger partial charge in [-0.1, -0.05) is 24.4 Å². The van der Waals surface area contributed by atoms with Crippen LogP contribution in [0.4, 0.5) is 0 Å². The van der Waals surface area contributed by atoms with Crippen molar-refractivity contribution in [1.29, 1.82) is 0 Å². The van der Waals surface area contributed by atoms with Crippen LogP contribution in [0.15, 0.2) is 35.3 Å². The van der Waals surface area contributed by atoms with Gasteiger partial charge in [0.2, 0.25) is 0 Å². The van der Waals surface area contributed by atoms with Gasteiger partial charge in [-0.2, -0.15) is 6.07 Å². The first-order chi connectivity index (χ1) is 6.79. The number of hydrogen-bond donors (Lipinski definition) is 0.